The number of aromatic carboxylic acids is 1. The van der Waals surface area contributed by atoms with E-state index in [9.17, 15) is 23.1 Å². The minimum atomic E-state index is -3.03. The van der Waals surface area contributed by atoms with Crippen LogP contribution in [0.3, 0.4) is 0 Å². The molecule has 5 aromatic rings. The molecule has 13 heteroatoms. The van der Waals surface area contributed by atoms with Gasteiger partial charge in [0.15, 0.2) is 0 Å². The third-order valence-electron chi connectivity index (χ3n) is 6.67. The van der Waals surface area contributed by atoms with E-state index in [4.69, 9.17) is 10.00 Å². The summed E-state index contributed by atoms with van der Waals surface area (Å²) in [6.07, 6.45) is -0.248. The lowest BCUT2D eigenvalue weighted by Gasteiger charge is -2.12. The number of hydrogen-bond donors (Lipinski definition) is 1. The average Bonchev–Trinajstić information content (AvgIpc) is 3.34. The molecule has 0 bridgehead atoms. The van der Waals surface area contributed by atoms with Gasteiger partial charge in [-0.05, 0) is 54.1 Å². The molecule has 0 saturated carbocycles. The number of rotatable bonds is 11. The molecule has 2 heterocycles. The van der Waals surface area contributed by atoms with Crippen LogP contribution < -0.4 is 4.74 Å². The quantitative estimate of drug-likeness (QED) is 0.171. The summed E-state index contributed by atoms with van der Waals surface area (Å²) in [6.45, 7) is -3.84. The Labute approximate surface area is 246 Å². The molecule has 3 aromatic carbocycles. The highest BCUT2D eigenvalue weighted by Crippen LogP contribution is 2.28. The second-order valence-electron chi connectivity index (χ2n) is 9.49. The standard InChI is InChI=1S/C31H21F5N4O4/c32-22-10-17(15-37)4-5-19(22)16-44-29-3-1-2-25(39-29)21-14-23(33)20(11-24(21)34)13-28-38-26-7-6-18(30(41)42)12-27(26)40(28)8-9-43-31(35)36/h1-7,10-12,14,31H,8-9,13,16H2,(H,41,42). The normalized spacial score (nSPS) is 11.2. The second-order valence-corrected chi connectivity index (χ2v) is 9.49. The highest BCUT2D eigenvalue weighted by atomic mass is 19.3. The Morgan fingerprint density at radius 3 is 2.48 bits per heavy atom. The first-order valence-electron chi connectivity index (χ1n) is 13.0. The maximum atomic E-state index is 15.4. The lowest BCUT2D eigenvalue weighted by Crippen LogP contribution is -2.12. The van der Waals surface area contributed by atoms with Crippen LogP contribution in [0.2, 0.25) is 0 Å². The minimum absolute atomic E-state index is 0.0237. The molecule has 8 nitrogen and oxygen atoms in total. The van der Waals surface area contributed by atoms with E-state index in [0.717, 1.165) is 18.2 Å². The Morgan fingerprint density at radius 2 is 1.75 bits per heavy atom. The smallest absolute Gasteiger partial charge is 0.345 e. The van der Waals surface area contributed by atoms with Crippen molar-refractivity contribution in [2.24, 2.45) is 0 Å². The number of ether oxygens (including phenoxy) is 2. The molecule has 44 heavy (non-hydrogen) atoms. The molecule has 0 amide bonds. The molecule has 0 spiro atoms. The van der Waals surface area contributed by atoms with Crippen LogP contribution in [0.5, 0.6) is 5.88 Å². The number of alkyl halides is 2. The molecule has 5 rings (SSSR count). The van der Waals surface area contributed by atoms with Crippen molar-refractivity contribution in [2.75, 3.05) is 6.61 Å². The van der Waals surface area contributed by atoms with Crippen LogP contribution in [0.15, 0.2) is 66.7 Å². The summed E-state index contributed by atoms with van der Waals surface area (Å²) in [5, 5.41) is 18.2. The van der Waals surface area contributed by atoms with E-state index in [0.29, 0.717) is 11.0 Å². The number of carboxylic acids is 1. The maximum Gasteiger partial charge on any atom is 0.345 e. The zero-order valence-corrected chi connectivity index (χ0v) is 22.6. The van der Waals surface area contributed by atoms with Gasteiger partial charge in [-0.3, -0.25) is 0 Å². The Hall–Kier alpha value is -5.35. The summed E-state index contributed by atoms with van der Waals surface area (Å²) in [4.78, 5) is 20.1. The minimum Gasteiger partial charge on any atom is -0.478 e. The van der Waals surface area contributed by atoms with E-state index in [1.807, 2.05) is 6.07 Å². The summed E-state index contributed by atoms with van der Waals surface area (Å²) in [5.74, 6) is -3.27. The van der Waals surface area contributed by atoms with Gasteiger partial charge in [0.25, 0.3) is 0 Å². The number of carbonyl (C=O) groups is 1. The zero-order chi connectivity index (χ0) is 31.4. The fourth-order valence-electron chi connectivity index (χ4n) is 4.54. The average molecular weight is 609 g/mol. The molecule has 0 aliphatic carbocycles. The first kappa shape index (κ1) is 30.1. The molecular weight excluding hydrogens is 587 g/mol. The highest BCUT2D eigenvalue weighted by Gasteiger charge is 2.19. The van der Waals surface area contributed by atoms with Crippen LogP contribution in [0.4, 0.5) is 22.0 Å². The molecule has 0 radical (unpaired) electrons. The van der Waals surface area contributed by atoms with Crippen molar-refractivity contribution in [1.82, 2.24) is 14.5 Å². The molecule has 0 aliphatic heterocycles. The number of halogens is 5. The lowest BCUT2D eigenvalue weighted by atomic mass is 10.0. The number of nitriles is 1. The number of imidazole rings is 1. The van der Waals surface area contributed by atoms with Crippen molar-refractivity contribution in [3.05, 3.63) is 112 Å². The Morgan fingerprint density at radius 1 is 0.955 bits per heavy atom. The van der Waals surface area contributed by atoms with Gasteiger partial charge >= 0.3 is 12.6 Å². The predicted octanol–water partition coefficient (Wildman–Crippen LogP) is 6.49. The van der Waals surface area contributed by atoms with Crippen molar-refractivity contribution in [3.63, 3.8) is 0 Å². The molecule has 0 aliphatic rings. The van der Waals surface area contributed by atoms with Gasteiger partial charge in [0.05, 0.1) is 40.5 Å². The third-order valence-corrected chi connectivity index (χ3v) is 6.67. The Balaban J connectivity index is 1.40. The summed E-state index contributed by atoms with van der Waals surface area (Å²) in [6, 6.07) is 16.1. The van der Waals surface area contributed by atoms with Crippen LogP contribution >= 0.6 is 0 Å². The van der Waals surface area contributed by atoms with Crippen LogP contribution in [0.25, 0.3) is 22.3 Å². The number of aromatic nitrogens is 3. The van der Waals surface area contributed by atoms with Crippen LogP contribution in [-0.4, -0.2) is 38.8 Å². The SMILES string of the molecule is N#Cc1ccc(COc2cccc(-c3cc(F)c(Cc4nc5ccc(C(=O)O)cc5n4CCOC(F)F)cc3F)n2)c(F)c1. The van der Waals surface area contributed by atoms with Gasteiger partial charge in [0.1, 0.15) is 29.9 Å². The van der Waals surface area contributed by atoms with E-state index in [1.165, 1.54) is 53.1 Å². The van der Waals surface area contributed by atoms with Crippen LogP contribution in [-0.2, 0) is 24.3 Å². The van der Waals surface area contributed by atoms with Crippen LogP contribution in [0, 0.1) is 28.8 Å². The van der Waals surface area contributed by atoms with E-state index in [1.54, 1.807) is 0 Å². The number of carboxylic acid groups (broad SMARTS) is 1. The van der Waals surface area contributed by atoms with Gasteiger partial charge in [-0.1, -0.05) is 12.1 Å². The largest absolute Gasteiger partial charge is 0.478 e. The molecule has 0 unspecified atom stereocenters. The van der Waals surface area contributed by atoms with E-state index >= 15 is 8.78 Å². The van der Waals surface area contributed by atoms with Gasteiger partial charge in [0.2, 0.25) is 5.88 Å². The number of benzene rings is 3. The number of hydrogen-bond acceptors (Lipinski definition) is 6. The fourth-order valence-corrected chi connectivity index (χ4v) is 4.54. The number of fused-ring (bicyclic) bond motifs is 1. The van der Waals surface area contributed by atoms with Gasteiger partial charge in [-0.2, -0.15) is 14.0 Å². The first-order valence-corrected chi connectivity index (χ1v) is 13.0. The predicted molar refractivity (Wildman–Crippen MR) is 146 cm³/mol. The number of pyridine rings is 1. The second kappa shape index (κ2) is 12.9. The summed E-state index contributed by atoms with van der Waals surface area (Å²) in [5.41, 5.74) is 0.664. The Bertz CT molecular complexity index is 1900. The molecule has 0 atom stereocenters. The topological polar surface area (TPSA) is 110 Å². The van der Waals surface area contributed by atoms with E-state index < -0.39 is 36.6 Å². The molecule has 224 valence electrons. The van der Waals surface area contributed by atoms with E-state index in [-0.39, 0.29) is 64.8 Å². The van der Waals surface area contributed by atoms with Crippen molar-refractivity contribution in [3.8, 4) is 23.2 Å². The van der Waals surface area contributed by atoms with Gasteiger partial charge in [-0.25, -0.2) is 27.9 Å². The lowest BCUT2D eigenvalue weighted by molar-refractivity contribution is -0.130. The molecular formula is C31H21F5N4O4. The maximum absolute atomic E-state index is 15.4. The molecule has 0 fully saturated rings. The van der Waals surface area contributed by atoms with E-state index in [2.05, 4.69) is 14.7 Å². The Kier molecular flexibility index (Phi) is 8.82. The summed E-state index contributed by atoms with van der Waals surface area (Å²) < 4.78 is 81.4. The van der Waals surface area contributed by atoms with Crippen LogP contribution in [0.1, 0.15) is 32.9 Å². The van der Waals surface area contributed by atoms with Crippen molar-refractivity contribution in [1.29, 1.82) is 5.26 Å². The molecule has 1 N–H and O–H groups in total. The van der Waals surface area contributed by atoms with Crippen molar-refractivity contribution >= 4 is 17.0 Å². The van der Waals surface area contributed by atoms with Gasteiger partial charge in [-0.15, -0.1) is 0 Å². The van der Waals surface area contributed by atoms with Gasteiger partial charge < -0.3 is 19.1 Å². The summed E-state index contributed by atoms with van der Waals surface area (Å²) >= 11 is 0. The first-order chi connectivity index (χ1) is 21.1. The van der Waals surface area contributed by atoms with Gasteiger partial charge in [0, 0.05) is 30.2 Å². The fraction of sp³-hybridized carbons (Fsp3) is 0.161. The number of nitrogens with zero attached hydrogens (tertiary/aromatic N) is 4. The molecule has 0 saturated heterocycles. The third kappa shape index (κ3) is 6.66. The monoisotopic (exact) mass is 608 g/mol. The molecule has 2 aromatic heterocycles. The zero-order valence-electron chi connectivity index (χ0n) is 22.6. The summed E-state index contributed by atoms with van der Waals surface area (Å²) in [7, 11) is 0. The van der Waals surface area contributed by atoms with Crippen molar-refractivity contribution in [2.45, 2.75) is 26.2 Å². The highest BCUT2D eigenvalue weighted by molar-refractivity contribution is 5.92. The van der Waals surface area contributed by atoms with Crippen molar-refractivity contribution < 1.29 is 41.3 Å².